The lowest BCUT2D eigenvalue weighted by Crippen LogP contribution is -2.31. The lowest BCUT2D eigenvalue weighted by Gasteiger charge is -2.09. The number of hydrogen-bond donors (Lipinski definition) is 3. The van der Waals surface area contributed by atoms with E-state index >= 15 is 0 Å². The smallest absolute Gasteiger partial charge is 0.273 e. The number of carbonyl (C=O) groups is 1. The van der Waals surface area contributed by atoms with Crippen LogP contribution < -0.4 is 10.5 Å². The van der Waals surface area contributed by atoms with Crippen LogP contribution in [-0.4, -0.2) is 44.3 Å². The molecule has 2 rings (SSSR count). The fourth-order valence-corrected chi connectivity index (χ4v) is 3.21. The maximum atomic E-state index is 12.1. The fraction of sp³-hybridized carbons (Fsp3) is 0.667. The van der Waals surface area contributed by atoms with Gasteiger partial charge >= 0.3 is 0 Å². The molecule has 9 heteroatoms. The van der Waals surface area contributed by atoms with Crippen LogP contribution in [-0.2, 0) is 21.2 Å². The minimum atomic E-state index is -4.00. The Morgan fingerprint density at radius 3 is 2.90 bits per heavy atom. The van der Waals surface area contributed by atoms with E-state index in [0.29, 0.717) is 38.3 Å². The zero-order valence-electron chi connectivity index (χ0n) is 11.9. The van der Waals surface area contributed by atoms with E-state index in [1.54, 1.807) is 0 Å². The lowest BCUT2D eigenvalue weighted by atomic mass is 10.1. The van der Waals surface area contributed by atoms with Gasteiger partial charge in [0.05, 0.1) is 12.3 Å². The number of nitrogens with zero attached hydrogens (tertiary/aromatic N) is 1. The number of amides is 1. The van der Waals surface area contributed by atoms with E-state index in [1.807, 2.05) is 6.92 Å². The molecule has 1 unspecified atom stereocenters. The number of hydrogen-bond acceptors (Lipinski definition) is 5. The number of ether oxygens (including phenoxy) is 1. The van der Waals surface area contributed by atoms with Crippen LogP contribution in [0.1, 0.15) is 35.9 Å². The summed E-state index contributed by atoms with van der Waals surface area (Å²) in [6, 6.07) is 0. The van der Waals surface area contributed by atoms with Crippen molar-refractivity contribution in [2.75, 3.05) is 19.8 Å². The Labute approximate surface area is 123 Å². The van der Waals surface area contributed by atoms with Crippen molar-refractivity contribution in [2.45, 2.75) is 31.1 Å². The SMILES string of the molecule is CCCc1[nH]nc(C(=O)NCC2CCOC2)c1S(N)(=O)=O. The normalized spacial score (nSPS) is 18.9. The van der Waals surface area contributed by atoms with E-state index in [-0.39, 0.29) is 16.5 Å². The molecule has 0 saturated carbocycles. The first kappa shape index (κ1) is 15.9. The first-order valence-corrected chi connectivity index (χ1v) is 8.44. The van der Waals surface area contributed by atoms with Gasteiger partial charge in [0.25, 0.3) is 5.91 Å². The van der Waals surface area contributed by atoms with Gasteiger partial charge in [-0.3, -0.25) is 9.89 Å². The molecule has 0 aliphatic carbocycles. The number of nitrogens with two attached hydrogens (primary N) is 1. The van der Waals surface area contributed by atoms with Gasteiger partial charge in [0, 0.05) is 19.1 Å². The molecule has 0 aromatic carbocycles. The Kier molecular flexibility index (Phi) is 4.96. The molecule has 118 valence electrons. The highest BCUT2D eigenvalue weighted by Crippen LogP contribution is 2.18. The molecule has 21 heavy (non-hydrogen) atoms. The number of H-pyrrole nitrogens is 1. The van der Waals surface area contributed by atoms with E-state index in [4.69, 9.17) is 9.88 Å². The lowest BCUT2D eigenvalue weighted by molar-refractivity contribution is 0.0936. The first-order chi connectivity index (χ1) is 9.93. The van der Waals surface area contributed by atoms with Crippen molar-refractivity contribution in [2.24, 2.45) is 11.1 Å². The molecule has 0 bridgehead atoms. The van der Waals surface area contributed by atoms with Crippen LogP contribution in [0, 0.1) is 5.92 Å². The molecule has 1 aromatic heterocycles. The van der Waals surface area contributed by atoms with E-state index in [9.17, 15) is 13.2 Å². The molecule has 1 saturated heterocycles. The predicted molar refractivity (Wildman–Crippen MR) is 75.2 cm³/mol. The quantitative estimate of drug-likeness (QED) is 0.668. The van der Waals surface area contributed by atoms with E-state index in [2.05, 4.69) is 15.5 Å². The molecule has 1 fully saturated rings. The zero-order chi connectivity index (χ0) is 15.5. The number of sulfonamides is 1. The largest absolute Gasteiger partial charge is 0.381 e. The minimum absolute atomic E-state index is 0.167. The van der Waals surface area contributed by atoms with Crippen LogP contribution in [0.2, 0.25) is 0 Å². The van der Waals surface area contributed by atoms with Crippen LogP contribution >= 0.6 is 0 Å². The summed E-state index contributed by atoms with van der Waals surface area (Å²) >= 11 is 0. The molecule has 1 aromatic rings. The standard InChI is InChI=1S/C12H20N4O4S/c1-2-3-9-11(21(13,18)19)10(16-15-9)12(17)14-6-8-4-5-20-7-8/h8H,2-7H2,1H3,(H,14,17)(H,15,16)(H2,13,18,19). The van der Waals surface area contributed by atoms with Gasteiger partial charge in [-0.2, -0.15) is 5.10 Å². The van der Waals surface area contributed by atoms with Gasteiger partial charge in [0.15, 0.2) is 5.69 Å². The predicted octanol–water partition coefficient (Wildman–Crippen LogP) is -0.224. The molecular formula is C12H20N4O4S. The molecule has 1 aliphatic rings. The molecule has 1 amide bonds. The van der Waals surface area contributed by atoms with Gasteiger partial charge in [-0.15, -0.1) is 0 Å². The van der Waals surface area contributed by atoms with Crippen LogP contribution in [0.4, 0.5) is 0 Å². The van der Waals surface area contributed by atoms with Crippen molar-refractivity contribution >= 4 is 15.9 Å². The summed E-state index contributed by atoms with van der Waals surface area (Å²) < 4.78 is 28.6. The summed E-state index contributed by atoms with van der Waals surface area (Å²) in [6.45, 7) is 3.61. The Bertz CT molecular complexity index is 605. The van der Waals surface area contributed by atoms with Crippen molar-refractivity contribution in [3.8, 4) is 0 Å². The molecule has 8 nitrogen and oxygen atoms in total. The molecule has 4 N–H and O–H groups in total. The van der Waals surface area contributed by atoms with Gasteiger partial charge in [0.2, 0.25) is 10.0 Å². The number of nitrogens with one attached hydrogen (secondary N) is 2. The molecule has 0 spiro atoms. The number of carbonyl (C=O) groups excluding carboxylic acids is 1. The average molecular weight is 316 g/mol. The summed E-state index contributed by atoms with van der Waals surface area (Å²) in [6.07, 6.45) is 2.05. The molecule has 0 radical (unpaired) electrons. The molecule has 1 aliphatic heterocycles. The Morgan fingerprint density at radius 2 is 2.33 bits per heavy atom. The third-order valence-corrected chi connectivity index (χ3v) is 4.38. The summed E-state index contributed by atoms with van der Waals surface area (Å²) in [4.78, 5) is 11.9. The van der Waals surface area contributed by atoms with Gasteiger partial charge in [-0.05, 0) is 12.8 Å². The third kappa shape index (κ3) is 3.80. The monoisotopic (exact) mass is 316 g/mol. The topological polar surface area (TPSA) is 127 Å². The van der Waals surface area contributed by atoms with Crippen LogP contribution in [0.5, 0.6) is 0 Å². The summed E-state index contributed by atoms with van der Waals surface area (Å²) in [5, 5.41) is 14.3. The highest BCUT2D eigenvalue weighted by Gasteiger charge is 2.27. The highest BCUT2D eigenvalue weighted by molar-refractivity contribution is 7.89. The molecular weight excluding hydrogens is 296 g/mol. The number of aromatic nitrogens is 2. The summed E-state index contributed by atoms with van der Waals surface area (Å²) in [7, 11) is -4.00. The number of rotatable bonds is 6. The number of aromatic amines is 1. The van der Waals surface area contributed by atoms with E-state index in [0.717, 1.165) is 6.42 Å². The van der Waals surface area contributed by atoms with Gasteiger partial charge in [-0.1, -0.05) is 13.3 Å². The summed E-state index contributed by atoms with van der Waals surface area (Å²) in [5.74, 6) is -0.287. The maximum absolute atomic E-state index is 12.1. The summed E-state index contributed by atoms with van der Waals surface area (Å²) in [5.41, 5.74) is 0.203. The van der Waals surface area contributed by atoms with Crippen LogP contribution in [0.3, 0.4) is 0 Å². The second-order valence-corrected chi connectivity index (χ2v) is 6.61. The molecule has 2 heterocycles. The Balaban J connectivity index is 2.16. The van der Waals surface area contributed by atoms with Crippen molar-refractivity contribution in [3.05, 3.63) is 11.4 Å². The first-order valence-electron chi connectivity index (χ1n) is 6.89. The molecule has 1 atom stereocenters. The Morgan fingerprint density at radius 1 is 1.57 bits per heavy atom. The average Bonchev–Trinajstić information content (AvgIpc) is 3.04. The van der Waals surface area contributed by atoms with Crippen LogP contribution in [0.15, 0.2) is 4.90 Å². The van der Waals surface area contributed by atoms with Crippen molar-refractivity contribution in [3.63, 3.8) is 0 Å². The highest BCUT2D eigenvalue weighted by atomic mass is 32.2. The second kappa shape index (κ2) is 6.54. The van der Waals surface area contributed by atoms with Crippen molar-refractivity contribution in [1.82, 2.24) is 15.5 Å². The van der Waals surface area contributed by atoms with Gasteiger partial charge in [0.1, 0.15) is 4.90 Å². The Hall–Kier alpha value is -1.45. The maximum Gasteiger partial charge on any atom is 0.273 e. The minimum Gasteiger partial charge on any atom is -0.381 e. The van der Waals surface area contributed by atoms with Crippen molar-refractivity contribution < 1.29 is 17.9 Å². The van der Waals surface area contributed by atoms with Crippen LogP contribution in [0.25, 0.3) is 0 Å². The number of aryl methyl sites for hydroxylation is 1. The number of primary sulfonamides is 1. The van der Waals surface area contributed by atoms with E-state index in [1.165, 1.54) is 0 Å². The third-order valence-electron chi connectivity index (χ3n) is 3.37. The van der Waals surface area contributed by atoms with Gasteiger partial charge < -0.3 is 10.1 Å². The second-order valence-electron chi connectivity index (χ2n) is 5.11. The van der Waals surface area contributed by atoms with Crippen molar-refractivity contribution in [1.29, 1.82) is 0 Å². The zero-order valence-corrected chi connectivity index (χ0v) is 12.7. The fourth-order valence-electron chi connectivity index (χ4n) is 2.31. The van der Waals surface area contributed by atoms with Gasteiger partial charge in [-0.25, -0.2) is 13.6 Å². The van der Waals surface area contributed by atoms with E-state index < -0.39 is 15.9 Å².